The standard InChI is InChI=1S/C10H11BrN4S/c1-15-5-8(13-14-15)6-16-10-3-2-7(12)4-9(10)11/h2-5H,6,12H2,1H3. The number of hydrogen-bond donors (Lipinski definition) is 1. The molecule has 84 valence electrons. The number of nitrogens with zero attached hydrogens (tertiary/aromatic N) is 3. The number of benzene rings is 1. The highest BCUT2D eigenvalue weighted by Gasteiger charge is 2.03. The van der Waals surface area contributed by atoms with Crippen LogP contribution in [0.4, 0.5) is 5.69 Å². The van der Waals surface area contributed by atoms with Crippen LogP contribution in [0.1, 0.15) is 5.69 Å². The lowest BCUT2D eigenvalue weighted by Crippen LogP contribution is -1.86. The lowest BCUT2D eigenvalue weighted by atomic mass is 10.3. The third-order valence-corrected chi connectivity index (χ3v) is 4.01. The van der Waals surface area contributed by atoms with Gasteiger partial charge in [0.25, 0.3) is 0 Å². The summed E-state index contributed by atoms with van der Waals surface area (Å²) in [6.45, 7) is 0. The van der Waals surface area contributed by atoms with Gasteiger partial charge in [-0.15, -0.1) is 16.9 Å². The largest absolute Gasteiger partial charge is 0.399 e. The monoisotopic (exact) mass is 298 g/mol. The molecular weight excluding hydrogens is 288 g/mol. The van der Waals surface area contributed by atoms with Crippen molar-refractivity contribution in [2.24, 2.45) is 7.05 Å². The molecule has 0 aliphatic rings. The molecule has 0 unspecified atom stereocenters. The molecule has 4 nitrogen and oxygen atoms in total. The van der Waals surface area contributed by atoms with Crippen LogP contribution in [-0.2, 0) is 12.8 Å². The highest BCUT2D eigenvalue weighted by Crippen LogP contribution is 2.30. The van der Waals surface area contributed by atoms with Crippen molar-refractivity contribution in [3.05, 3.63) is 34.6 Å². The molecule has 2 aromatic rings. The van der Waals surface area contributed by atoms with E-state index in [-0.39, 0.29) is 0 Å². The molecule has 2 rings (SSSR count). The van der Waals surface area contributed by atoms with Crippen molar-refractivity contribution in [1.29, 1.82) is 0 Å². The second-order valence-corrected chi connectivity index (χ2v) is 5.23. The minimum absolute atomic E-state index is 0.760. The maximum Gasteiger partial charge on any atom is 0.0929 e. The molecule has 16 heavy (non-hydrogen) atoms. The minimum Gasteiger partial charge on any atom is -0.399 e. The summed E-state index contributed by atoms with van der Waals surface area (Å²) >= 11 is 5.19. The summed E-state index contributed by atoms with van der Waals surface area (Å²) in [5.41, 5.74) is 7.40. The van der Waals surface area contributed by atoms with E-state index in [1.807, 2.05) is 31.4 Å². The van der Waals surface area contributed by atoms with Gasteiger partial charge in [-0.3, -0.25) is 4.68 Å². The summed E-state index contributed by atoms with van der Waals surface area (Å²) in [7, 11) is 1.86. The van der Waals surface area contributed by atoms with Crippen molar-refractivity contribution in [2.75, 3.05) is 5.73 Å². The first-order chi connectivity index (χ1) is 7.65. The Labute approximate surface area is 106 Å². The van der Waals surface area contributed by atoms with Gasteiger partial charge in [0.2, 0.25) is 0 Å². The van der Waals surface area contributed by atoms with Crippen LogP contribution in [0, 0.1) is 0 Å². The van der Waals surface area contributed by atoms with Gasteiger partial charge in [-0.05, 0) is 34.1 Å². The van der Waals surface area contributed by atoms with Crippen molar-refractivity contribution in [2.45, 2.75) is 10.6 Å². The fourth-order valence-corrected chi connectivity index (χ4v) is 2.78. The van der Waals surface area contributed by atoms with Crippen molar-refractivity contribution in [3.8, 4) is 0 Å². The van der Waals surface area contributed by atoms with Gasteiger partial charge in [0.15, 0.2) is 0 Å². The van der Waals surface area contributed by atoms with Gasteiger partial charge in [0, 0.05) is 34.1 Å². The number of hydrogen-bond acceptors (Lipinski definition) is 4. The molecule has 0 amide bonds. The van der Waals surface area contributed by atoms with Crippen LogP contribution in [0.15, 0.2) is 33.8 Å². The van der Waals surface area contributed by atoms with Crippen LogP contribution in [0.3, 0.4) is 0 Å². The number of anilines is 1. The maximum absolute atomic E-state index is 5.67. The summed E-state index contributed by atoms with van der Waals surface area (Å²) in [6, 6.07) is 5.79. The molecule has 1 aromatic carbocycles. The second kappa shape index (κ2) is 4.88. The number of rotatable bonds is 3. The number of nitrogens with two attached hydrogens (primary N) is 1. The highest BCUT2D eigenvalue weighted by atomic mass is 79.9. The third-order valence-electron chi connectivity index (χ3n) is 1.98. The van der Waals surface area contributed by atoms with E-state index in [4.69, 9.17) is 5.73 Å². The molecule has 1 heterocycles. The molecule has 6 heteroatoms. The number of thioether (sulfide) groups is 1. The summed E-state index contributed by atoms with van der Waals surface area (Å²) < 4.78 is 2.72. The molecule has 0 spiro atoms. The van der Waals surface area contributed by atoms with Crippen LogP contribution in [-0.4, -0.2) is 15.0 Å². The average Bonchev–Trinajstić information content (AvgIpc) is 2.63. The Morgan fingerprint density at radius 3 is 2.94 bits per heavy atom. The van der Waals surface area contributed by atoms with Gasteiger partial charge in [0.05, 0.1) is 5.69 Å². The van der Waals surface area contributed by atoms with Gasteiger partial charge in [0.1, 0.15) is 0 Å². The molecular formula is C10H11BrN4S. The van der Waals surface area contributed by atoms with Crippen molar-refractivity contribution in [1.82, 2.24) is 15.0 Å². The van der Waals surface area contributed by atoms with Crippen LogP contribution >= 0.6 is 27.7 Å². The topological polar surface area (TPSA) is 56.7 Å². The van der Waals surface area contributed by atoms with E-state index in [1.54, 1.807) is 16.4 Å². The molecule has 0 aliphatic heterocycles. The van der Waals surface area contributed by atoms with Crippen LogP contribution in [0.5, 0.6) is 0 Å². The molecule has 0 aliphatic carbocycles. The molecule has 2 N–H and O–H groups in total. The smallest absolute Gasteiger partial charge is 0.0929 e. The van der Waals surface area contributed by atoms with E-state index < -0.39 is 0 Å². The zero-order valence-corrected chi connectivity index (χ0v) is 11.1. The number of halogens is 1. The normalized spacial score (nSPS) is 10.6. The first-order valence-corrected chi connectivity index (χ1v) is 6.46. The van der Waals surface area contributed by atoms with Crippen LogP contribution < -0.4 is 5.73 Å². The van der Waals surface area contributed by atoms with Crippen LogP contribution in [0.25, 0.3) is 0 Å². The second-order valence-electron chi connectivity index (χ2n) is 3.36. The highest BCUT2D eigenvalue weighted by molar-refractivity contribution is 9.10. The molecule has 0 atom stereocenters. The Bertz CT molecular complexity index is 497. The lowest BCUT2D eigenvalue weighted by Gasteiger charge is -2.03. The van der Waals surface area contributed by atoms with Crippen molar-refractivity contribution >= 4 is 33.4 Å². The molecule has 0 fully saturated rings. The molecule has 0 radical (unpaired) electrons. The van der Waals surface area contributed by atoms with Gasteiger partial charge >= 0.3 is 0 Å². The number of aryl methyl sites for hydroxylation is 1. The van der Waals surface area contributed by atoms with E-state index in [2.05, 4.69) is 26.2 Å². The predicted molar refractivity (Wildman–Crippen MR) is 69.1 cm³/mol. The molecule has 1 aromatic heterocycles. The quantitative estimate of drug-likeness (QED) is 0.698. The van der Waals surface area contributed by atoms with E-state index in [9.17, 15) is 0 Å². The Hall–Kier alpha value is -1.01. The summed E-state index contributed by atoms with van der Waals surface area (Å²) in [4.78, 5) is 1.15. The number of nitrogen functional groups attached to an aromatic ring is 1. The van der Waals surface area contributed by atoms with Crippen molar-refractivity contribution in [3.63, 3.8) is 0 Å². The summed E-state index contributed by atoms with van der Waals surface area (Å²) in [6.07, 6.45) is 1.91. The fraction of sp³-hybridized carbons (Fsp3) is 0.200. The molecule has 0 bridgehead atoms. The number of aromatic nitrogens is 3. The first kappa shape index (κ1) is 11.5. The van der Waals surface area contributed by atoms with Gasteiger partial charge in [-0.2, -0.15) is 0 Å². The zero-order valence-electron chi connectivity index (χ0n) is 8.72. The minimum atomic E-state index is 0.760. The zero-order chi connectivity index (χ0) is 11.5. The van der Waals surface area contributed by atoms with Gasteiger partial charge in [-0.1, -0.05) is 5.21 Å². The van der Waals surface area contributed by atoms with Gasteiger partial charge < -0.3 is 5.73 Å². The Morgan fingerprint density at radius 1 is 1.50 bits per heavy atom. The summed E-state index contributed by atoms with van der Waals surface area (Å²) in [5.74, 6) is 0.802. The third kappa shape index (κ3) is 2.76. The SMILES string of the molecule is Cn1cc(CSc2ccc(N)cc2Br)nn1. The Morgan fingerprint density at radius 2 is 2.31 bits per heavy atom. The fourth-order valence-electron chi connectivity index (χ4n) is 1.25. The van der Waals surface area contributed by atoms with E-state index >= 15 is 0 Å². The van der Waals surface area contributed by atoms with E-state index in [0.29, 0.717) is 0 Å². The molecule has 0 saturated heterocycles. The van der Waals surface area contributed by atoms with Gasteiger partial charge in [-0.25, -0.2) is 0 Å². The maximum atomic E-state index is 5.67. The average molecular weight is 299 g/mol. The van der Waals surface area contributed by atoms with Crippen molar-refractivity contribution < 1.29 is 0 Å². The van der Waals surface area contributed by atoms with E-state index in [0.717, 1.165) is 26.5 Å². The summed E-state index contributed by atoms with van der Waals surface area (Å²) in [5, 5.41) is 7.92. The lowest BCUT2D eigenvalue weighted by molar-refractivity contribution is 0.714. The van der Waals surface area contributed by atoms with E-state index in [1.165, 1.54) is 0 Å². The Balaban J connectivity index is 2.04. The Kier molecular flexibility index (Phi) is 3.50. The molecule has 0 saturated carbocycles. The van der Waals surface area contributed by atoms with Crippen LogP contribution in [0.2, 0.25) is 0 Å². The predicted octanol–water partition coefficient (Wildman–Crippen LogP) is 2.45. The first-order valence-electron chi connectivity index (χ1n) is 4.68.